The summed E-state index contributed by atoms with van der Waals surface area (Å²) in [7, 11) is 0. The molecule has 0 fully saturated rings. The van der Waals surface area contributed by atoms with Gasteiger partial charge in [0.05, 0.1) is 5.39 Å². The normalized spacial score (nSPS) is 16.3. The van der Waals surface area contributed by atoms with E-state index in [4.69, 9.17) is 11.6 Å². The van der Waals surface area contributed by atoms with Crippen molar-refractivity contribution >= 4 is 33.2 Å². The van der Waals surface area contributed by atoms with Crippen LogP contribution in [0.25, 0.3) is 10.2 Å². The van der Waals surface area contributed by atoms with E-state index in [0.717, 1.165) is 36.1 Å². The zero-order valence-electron chi connectivity index (χ0n) is 8.09. The van der Waals surface area contributed by atoms with Crippen molar-refractivity contribution < 1.29 is 0 Å². The largest absolute Gasteiger partial charge is 0.316 e. The van der Waals surface area contributed by atoms with Gasteiger partial charge in [0, 0.05) is 4.88 Å². The second-order valence-electron chi connectivity index (χ2n) is 3.60. The van der Waals surface area contributed by atoms with E-state index in [-0.39, 0.29) is 0 Å². The van der Waals surface area contributed by atoms with Gasteiger partial charge in [-0.3, -0.25) is 0 Å². The molecule has 0 amide bonds. The average Bonchev–Trinajstić information content (AvgIpc) is 2.43. The SMILES string of the molecule is Clc1ncnc2sc3c(c12)CCNCC3. The van der Waals surface area contributed by atoms with Crippen LogP contribution in [-0.4, -0.2) is 23.1 Å². The highest BCUT2D eigenvalue weighted by Gasteiger charge is 2.17. The van der Waals surface area contributed by atoms with Crippen LogP contribution >= 0.6 is 22.9 Å². The third-order valence-corrected chi connectivity index (χ3v) is 4.19. The highest BCUT2D eigenvalue weighted by atomic mass is 35.5. The van der Waals surface area contributed by atoms with E-state index in [1.54, 1.807) is 17.7 Å². The molecule has 0 bridgehead atoms. The number of nitrogens with one attached hydrogen (secondary N) is 1. The Balaban J connectivity index is 2.29. The van der Waals surface area contributed by atoms with Crippen molar-refractivity contribution in [3.05, 3.63) is 21.9 Å². The minimum Gasteiger partial charge on any atom is -0.316 e. The van der Waals surface area contributed by atoms with Crippen LogP contribution in [-0.2, 0) is 12.8 Å². The molecule has 1 aliphatic heterocycles. The quantitative estimate of drug-likeness (QED) is 0.715. The summed E-state index contributed by atoms with van der Waals surface area (Å²) >= 11 is 7.88. The van der Waals surface area contributed by atoms with Crippen LogP contribution in [0.1, 0.15) is 10.4 Å². The van der Waals surface area contributed by atoms with Gasteiger partial charge in [0.15, 0.2) is 0 Å². The van der Waals surface area contributed by atoms with E-state index >= 15 is 0 Å². The fraction of sp³-hybridized carbons (Fsp3) is 0.400. The number of hydrogen-bond acceptors (Lipinski definition) is 4. The lowest BCUT2D eigenvalue weighted by molar-refractivity contribution is 0.712. The number of halogens is 1. The molecule has 3 rings (SSSR count). The molecule has 5 heteroatoms. The molecule has 0 aromatic carbocycles. The summed E-state index contributed by atoms with van der Waals surface area (Å²) in [6.07, 6.45) is 3.65. The van der Waals surface area contributed by atoms with E-state index < -0.39 is 0 Å². The summed E-state index contributed by atoms with van der Waals surface area (Å²) in [6, 6.07) is 0. The third kappa shape index (κ3) is 1.53. The second kappa shape index (κ2) is 3.70. The molecule has 78 valence electrons. The maximum Gasteiger partial charge on any atom is 0.141 e. The minimum absolute atomic E-state index is 0.597. The van der Waals surface area contributed by atoms with Crippen molar-refractivity contribution in [1.29, 1.82) is 0 Å². The van der Waals surface area contributed by atoms with Gasteiger partial charge in [-0.25, -0.2) is 9.97 Å². The maximum absolute atomic E-state index is 6.12. The molecule has 3 heterocycles. The Hall–Kier alpha value is -0.710. The predicted octanol–water partition coefficient (Wildman–Crippen LogP) is 2.03. The van der Waals surface area contributed by atoms with Gasteiger partial charge in [-0.15, -0.1) is 11.3 Å². The highest BCUT2D eigenvalue weighted by molar-refractivity contribution is 7.19. The Morgan fingerprint density at radius 2 is 2.13 bits per heavy atom. The fourth-order valence-corrected chi connectivity index (χ4v) is 3.49. The summed E-state index contributed by atoms with van der Waals surface area (Å²) in [5, 5.41) is 5.06. The van der Waals surface area contributed by atoms with Crippen molar-refractivity contribution in [1.82, 2.24) is 15.3 Å². The number of aromatic nitrogens is 2. The summed E-state index contributed by atoms with van der Waals surface area (Å²) in [4.78, 5) is 10.8. The predicted molar refractivity (Wildman–Crippen MR) is 62.7 cm³/mol. The van der Waals surface area contributed by atoms with Crippen molar-refractivity contribution in [2.75, 3.05) is 13.1 Å². The van der Waals surface area contributed by atoms with E-state index in [1.165, 1.54) is 10.4 Å². The molecule has 1 aliphatic rings. The molecule has 0 saturated heterocycles. The molecule has 0 unspecified atom stereocenters. The molecule has 1 N–H and O–H groups in total. The summed E-state index contributed by atoms with van der Waals surface area (Å²) in [6.45, 7) is 2.06. The molecule has 2 aromatic rings. The number of rotatable bonds is 0. The van der Waals surface area contributed by atoms with Crippen LogP contribution in [0.2, 0.25) is 5.15 Å². The highest BCUT2D eigenvalue weighted by Crippen LogP contribution is 2.34. The summed E-state index contributed by atoms with van der Waals surface area (Å²) in [5.41, 5.74) is 1.35. The zero-order chi connectivity index (χ0) is 10.3. The number of hydrogen-bond donors (Lipinski definition) is 1. The summed E-state index contributed by atoms with van der Waals surface area (Å²) < 4.78 is 0. The topological polar surface area (TPSA) is 37.8 Å². The first kappa shape index (κ1) is 9.51. The monoisotopic (exact) mass is 239 g/mol. The first-order chi connectivity index (χ1) is 7.36. The van der Waals surface area contributed by atoms with Gasteiger partial charge < -0.3 is 5.32 Å². The van der Waals surface area contributed by atoms with Gasteiger partial charge in [-0.1, -0.05) is 11.6 Å². The first-order valence-electron chi connectivity index (χ1n) is 4.98. The number of fused-ring (bicyclic) bond motifs is 3. The Bertz CT molecular complexity index is 509. The van der Waals surface area contributed by atoms with Crippen LogP contribution in [0.5, 0.6) is 0 Å². The summed E-state index contributed by atoms with van der Waals surface area (Å²) in [5.74, 6) is 0. The van der Waals surface area contributed by atoms with Gasteiger partial charge in [-0.2, -0.15) is 0 Å². The van der Waals surface area contributed by atoms with Crippen molar-refractivity contribution in [2.24, 2.45) is 0 Å². The molecular weight excluding hydrogens is 230 g/mol. The average molecular weight is 240 g/mol. The lowest BCUT2D eigenvalue weighted by atomic mass is 10.1. The molecule has 0 saturated carbocycles. The molecule has 0 aliphatic carbocycles. The molecule has 0 atom stereocenters. The van der Waals surface area contributed by atoms with Crippen LogP contribution in [0.4, 0.5) is 0 Å². The fourth-order valence-electron chi connectivity index (χ4n) is 2.00. The Labute approximate surface area is 96.5 Å². The third-order valence-electron chi connectivity index (χ3n) is 2.71. The Morgan fingerprint density at radius 1 is 1.27 bits per heavy atom. The van der Waals surface area contributed by atoms with Crippen molar-refractivity contribution in [2.45, 2.75) is 12.8 Å². The molecular formula is C10H10ClN3S. The maximum atomic E-state index is 6.12. The van der Waals surface area contributed by atoms with Gasteiger partial charge in [0.1, 0.15) is 16.3 Å². The molecule has 2 aromatic heterocycles. The Morgan fingerprint density at radius 3 is 3.07 bits per heavy atom. The minimum atomic E-state index is 0.597. The Kier molecular flexibility index (Phi) is 2.35. The van der Waals surface area contributed by atoms with Crippen molar-refractivity contribution in [3.8, 4) is 0 Å². The van der Waals surface area contributed by atoms with E-state index in [0.29, 0.717) is 5.15 Å². The van der Waals surface area contributed by atoms with Gasteiger partial charge in [0.25, 0.3) is 0 Å². The van der Waals surface area contributed by atoms with Crippen LogP contribution in [0, 0.1) is 0 Å². The van der Waals surface area contributed by atoms with Gasteiger partial charge in [-0.05, 0) is 31.5 Å². The van der Waals surface area contributed by atoms with Gasteiger partial charge >= 0.3 is 0 Å². The van der Waals surface area contributed by atoms with Gasteiger partial charge in [0.2, 0.25) is 0 Å². The van der Waals surface area contributed by atoms with Crippen LogP contribution in [0.3, 0.4) is 0 Å². The van der Waals surface area contributed by atoms with E-state index in [9.17, 15) is 0 Å². The molecule has 0 radical (unpaired) electrons. The molecule has 15 heavy (non-hydrogen) atoms. The first-order valence-corrected chi connectivity index (χ1v) is 6.17. The number of nitrogens with zero attached hydrogens (tertiary/aromatic N) is 2. The second-order valence-corrected chi connectivity index (χ2v) is 5.04. The lowest BCUT2D eigenvalue weighted by Gasteiger charge is -1.98. The molecule has 0 spiro atoms. The molecule has 3 nitrogen and oxygen atoms in total. The van der Waals surface area contributed by atoms with Crippen LogP contribution in [0.15, 0.2) is 6.33 Å². The van der Waals surface area contributed by atoms with E-state index in [1.807, 2.05) is 0 Å². The standard InChI is InChI=1S/C10H10ClN3S/c11-9-8-6-1-3-12-4-2-7(6)15-10(8)14-5-13-9/h5,12H,1-4H2. The van der Waals surface area contributed by atoms with Crippen LogP contribution < -0.4 is 5.32 Å². The smallest absolute Gasteiger partial charge is 0.141 e. The zero-order valence-corrected chi connectivity index (χ0v) is 9.66. The number of thiophene rings is 1. The van der Waals surface area contributed by atoms with Crippen molar-refractivity contribution in [3.63, 3.8) is 0 Å². The van der Waals surface area contributed by atoms with E-state index in [2.05, 4.69) is 15.3 Å². The lowest BCUT2D eigenvalue weighted by Crippen LogP contribution is -2.16.